The number of nitrogens with zero attached hydrogens (tertiary/aromatic N) is 1. The fourth-order valence-corrected chi connectivity index (χ4v) is 3.76. The monoisotopic (exact) mass is 335 g/mol. The van der Waals surface area contributed by atoms with E-state index in [4.69, 9.17) is 12.2 Å². The standard InChI is InChI=1S/C18H25NOS2/c1-2-3-7-15-8-10-16(11-9-15)17(20)14-22-18(21)19-12-5-4-6-13-19/h8-11H,2-7,12-14H2,1H3. The maximum absolute atomic E-state index is 12.3. The molecule has 22 heavy (non-hydrogen) atoms. The molecule has 0 amide bonds. The van der Waals surface area contributed by atoms with Gasteiger partial charge in [0.25, 0.3) is 0 Å². The molecule has 0 aromatic heterocycles. The number of hydrogen-bond acceptors (Lipinski definition) is 3. The quantitative estimate of drug-likeness (QED) is 0.553. The Hall–Kier alpha value is -0.870. The first kappa shape index (κ1) is 17.5. The topological polar surface area (TPSA) is 20.3 Å². The number of Topliss-reactive ketones (excluding diaryl/α,β-unsaturated/α-hetero) is 1. The molecule has 1 aliphatic rings. The van der Waals surface area contributed by atoms with Crippen molar-refractivity contribution in [3.8, 4) is 0 Å². The summed E-state index contributed by atoms with van der Waals surface area (Å²) in [6, 6.07) is 8.07. The van der Waals surface area contributed by atoms with Gasteiger partial charge in [-0.3, -0.25) is 4.79 Å². The first-order valence-electron chi connectivity index (χ1n) is 8.24. The molecule has 120 valence electrons. The predicted octanol–water partition coefficient (Wildman–Crippen LogP) is 4.72. The van der Waals surface area contributed by atoms with Gasteiger partial charge in [0, 0.05) is 18.7 Å². The molecule has 0 radical (unpaired) electrons. The van der Waals surface area contributed by atoms with E-state index in [1.165, 1.54) is 49.4 Å². The van der Waals surface area contributed by atoms with Crippen molar-refractivity contribution in [2.24, 2.45) is 0 Å². The fraction of sp³-hybridized carbons (Fsp3) is 0.556. The van der Waals surface area contributed by atoms with Crippen LogP contribution in [0, 0.1) is 0 Å². The van der Waals surface area contributed by atoms with E-state index < -0.39 is 0 Å². The third-order valence-electron chi connectivity index (χ3n) is 4.04. The van der Waals surface area contributed by atoms with Gasteiger partial charge in [-0.25, -0.2) is 0 Å². The normalized spacial score (nSPS) is 14.9. The van der Waals surface area contributed by atoms with Gasteiger partial charge < -0.3 is 4.90 Å². The van der Waals surface area contributed by atoms with Gasteiger partial charge in [-0.1, -0.05) is 61.6 Å². The van der Waals surface area contributed by atoms with Crippen LogP contribution in [-0.4, -0.2) is 33.8 Å². The van der Waals surface area contributed by atoms with E-state index >= 15 is 0 Å². The summed E-state index contributed by atoms with van der Waals surface area (Å²) in [5, 5.41) is 0. The number of likely N-dealkylation sites (tertiary alicyclic amines) is 1. The largest absolute Gasteiger partial charge is 0.358 e. The highest BCUT2D eigenvalue weighted by Gasteiger charge is 2.15. The highest BCUT2D eigenvalue weighted by Crippen LogP contribution is 2.18. The molecule has 2 rings (SSSR count). The first-order chi connectivity index (χ1) is 10.7. The zero-order valence-corrected chi connectivity index (χ0v) is 15.0. The Morgan fingerprint density at radius 2 is 1.86 bits per heavy atom. The van der Waals surface area contributed by atoms with Gasteiger partial charge in [0.2, 0.25) is 0 Å². The van der Waals surface area contributed by atoms with Gasteiger partial charge in [-0.15, -0.1) is 0 Å². The highest BCUT2D eigenvalue weighted by atomic mass is 32.2. The van der Waals surface area contributed by atoms with Crippen LogP contribution >= 0.6 is 24.0 Å². The summed E-state index contributed by atoms with van der Waals surface area (Å²) in [6.07, 6.45) is 7.23. The van der Waals surface area contributed by atoms with E-state index in [0.29, 0.717) is 5.75 Å². The summed E-state index contributed by atoms with van der Waals surface area (Å²) in [6.45, 7) is 4.29. The third kappa shape index (κ3) is 5.40. The van der Waals surface area contributed by atoms with E-state index in [0.717, 1.165) is 29.4 Å². The van der Waals surface area contributed by atoms with Crippen molar-refractivity contribution < 1.29 is 4.79 Å². The highest BCUT2D eigenvalue weighted by molar-refractivity contribution is 8.23. The van der Waals surface area contributed by atoms with E-state index in [-0.39, 0.29) is 5.78 Å². The molecule has 0 bridgehead atoms. The molecule has 0 saturated carbocycles. The summed E-state index contributed by atoms with van der Waals surface area (Å²) in [5.74, 6) is 0.621. The Morgan fingerprint density at radius 3 is 2.50 bits per heavy atom. The molecule has 1 saturated heterocycles. The van der Waals surface area contributed by atoms with Crippen molar-refractivity contribution in [1.82, 2.24) is 4.90 Å². The zero-order chi connectivity index (χ0) is 15.8. The lowest BCUT2D eigenvalue weighted by Gasteiger charge is -2.28. The van der Waals surface area contributed by atoms with Crippen molar-refractivity contribution in [2.75, 3.05) is 18.8 Å². The molecule has 0 unspecified atom stereocenters. The van der Waals surface area contributed by atoms with Gasteiger partial charge >= 0.3 is 0 Å². The van der Waals surface area contributed by atoms with Crippen LogP contribution in [-0.2, 0) is 6.42 Å². The average molecular weight is 336 g/mol. The number of aryl methyl sites for hydroxylation is 1. The lowest BCUT2D eigenvalue weighted by Crippen LogP contribution is -2.33. The SMILES string of the molecule is CCCCc1ccc(C(=O)CSC(=S)N2CCCCC2)cc1. The van der Waals surface area contributed by atoms with Gasteiger partial charge in [0.05, 0.1) is 5.75 Å². The molecule has 1 aromatic carbocycles. The molecule has 4 heteroatoms. The minimum atomic E-state index is 0.173. The van der Waals surface area contributed by atoms with Crippen LogP contribution in [0.15, 0.2) is 24.3 Å². The van der Waals surface area contributed by atoms with Gasteiger partial charge in [0.15, 0.2) is 5.78 Å². The molecule has 0 spiro atoms. The van der Waals surface area contributed by atoms with Crippen LogP contribution < -0.4 is 0 Å². The second-order valence-corrected chi connectivity index (χ2v) is 7.44. The molecule has 1 fully saturated rings. The van der Waals surface area contributed by atoms with Gasteiger partial charge in [0.1, 0.15) is 4.32 Å². The summed E-state index contributed by atoms with van der Waals surface area (Å²) >= 11 is 6.96. The van der Waals surface area contributed by atoms with Crippen LogP contribution in [0.4, 0.5) is 0 Å². The first-order valence-corrected chi connectivity index (χ1v) is 9.64. The van der Waals surface area contributed by atoms with Crippen LogP contribution in [0.25, 0.3) is 0 Å². The predicted molar refractivity (Wildman–Crippen MR) is 99.9 cm³/mol. The van der Waals surface area contributed by atoms with Crippen LogP contribution in [0.3, 0.4) is 0 Å². The Morgan fingerprint density at radius 1 is 1.18 bits per heavy atom. The van der Waals surface area contributed by atoms with E-state index in [1.807, 2.05) is 12.1 Å². The Bertz CT molecular complexity index is 492. The number of hydrogen-bond donors (Lipinski definition) is 0. The van der Waals surface area contributed by atoms with E-state index in [2.05, 4.69) is 24.0 Å². The molecular weight excluding hydrogens is 310 g/mol. The zero-order valence-electron chi connectivity index (χ0n) is 13.3. The average Bonchev–Trinajstić information content (AvgIpc) is 2.58. The molecule has 1 heterocycles. The number of rotatable bonds is 6. The number of piperidine rings is 1. The molecule has 2 nitrogen and oxygen atoms in total. The summed E-state index contributed by atoms with van der Waals surface area (Å²) in [4.78, 5) is 14.5. The summed E-state index contributed by atoms with van der Waals surface area (Å²) in [5.41, 5.74) is 2.11. The van der Waals surface area contributed by atoms with Crippen molar-refractivity contribution in [2.45, 2.75) is 45.4 Å². The summed E-state index contributed by atoms with van der Waals surface area (Å²) < 4.78 is 0.882. The Kier molecular flexibility index (Phi) is 7.40. The number of benzene rings is 1. The lowest BCUT2D eigenvalue weighted by molar-refractivity contribution is 0.102. The second-order valence-electron chi connectivity index (χ2n) is 5.83. The maximum atomic E-state index is 12.3. The van der Waals surface area contributed by atoms with Gasteiger partial charge in [-0.05, 0) is 37.7 Å². The smallest absolute Gasteiger partial charge is 0.173 e. The van der Waals surface area contributed by atoms with Crippen molar-refractivity contribution in [1.29, 1.82) is 0 Å². The number of carbonyl (C=O) groups is 1. The molecular formula is C18H25NOS2. The Labute approximate surface area is 143 Å². The maximum Gasteiger partial charge on any atom is 0.173 e. The molecule has 0 atom stereocenters. The summed E-state index contributed by atoms with van der Waals surface area (Å²) in [7, 11) is 0. The molecule has 1 aliphatic heterocycles. The third-order valence-corrected chi connectivity index (χ3v) is 5.56. The van der Waals surface area contributed by atoms with Gasteiger partial charge in [-0.2, -0.15) is 0 Å². The number of thioether (sulfide) groups is 1. The minimum absolute atomic E-state index is 0.173. The van der Waals surface area contributed by atoms with Crippen molar-refractivity contribution in [3.05, 3.63) is 35.4 Å². The molecule has 0 N–H and O–H groups in total. The lowest BCUT2D eigenvalue weighted by atomic mass is 10.1. The number of unbranched alkanes of at least 4 members (excludes halogenated alkanes) is 1. The van der Waals surface area contributed by atoms with Crippen molar-refractivity contribution >= 4 is 34.1 Å². The van der Waals surface area contributed by atoms with Crippen LogP contribution in [0.2, 0.25) is 0 Å². The minimum Gasteiger partial charge on any atom is -0.358 e. The molecule has 0 aliphatic carbocycles. The van der Waals surface area contributed by atoms with E-state index in [1.54, 1.807) is 0 Å². The number of thiocarbonyl (C=S) groups is 1. The van der Waals surface area contributed by atoms with Crippen LogP contribution in [0.1, 0.15) is 54.9 Å². The Balaban J connectivity index is 1.80. The second kappa shape index (κ2) is 9.31. The van der Waals surface area contributed by atoms with Crippen molar-refractivity contribution in [3.63, 3.8) is 0 Å². The number of carbonyl (C=O) groups excluding carboxylic acids is 1. The fourth-order valence-electron chi connectivity index (χ4n) is 2.62. The number of ketones is 1. The molecule has 1 aromatic rings. The van der Waals surface area contributed by atoms with E-state index in [9.17, 15) is 4.79 Å². The van der Waals surface area contributed by atoms with Crippen LogP contribution in [0.5, 0.6) is 0 Å².